The van der Waals surface area contributed by atoms with Gasteiger partial charge in [-0.15, -0.1) is 0 Å². The molecule has 1 aliphatic heterocycles. The number of hydrogen-bond acceptors (Lipinski definition) is 7. The van der Waals surface area contributed by atoms with Gasteiger partial charge in [0.25, 0.3) is 0 Å². The molecule has 32 heavy (non-hydrogen) atoms. The number of sulfonamides is 1. The first-order chi connectivity index (χ1) is 15.4. The standard InChI is InChI=1S/C23H24N6O2S/c1-17-7-9-20(10-8-17)26-23-25-18(2)15-22(27-23)28-11-13-29(14-12-28)32(30,31)21-6-4-3-5-19(21)16-24/h3-10,15H,11-14H2,1-2H3,(H,25,26,27). The lowest BCUT2D eigenvalue weighted by Gasteiger charge is -2.35. The lowest BCUT2D eigenvalue weighted by molar-refractivity contribution is 0.383. The molecule has 1 fully saturated rings. The highest BCUT2D eigenvalue weighted by Crippen LogP contribution is 2.24. The molecule has 2 heterocycles. The lowest BCUT2D eigenvalue weighted by atomic mass is 10.2. The Morgan fingerprint density at radius 3 is 2.34 bits per heavy atom. The summed E-state index contributed by atoms with van der Waals surface area (Å²) in [6.45, 7) is 5.55. The molecule has 8 nitrogen and oxygen atoms in total. The molecule has 0 saturated carbocycles. The second-order valence-electron chi connectivity index (χ2n) is 7.68. The van der Waals surface area contributed by atoms with E-state index in [1.54, 1.807) is 12.1 Å². The summed E-state index contributed by atoms with van der Waals surface area (Å²) in [5.74, 6) is 1.25. The molecule has 3 aromatic rings. The Bertz CT molecular complexity index is 1260. The highest BCUT2D eigenvalue weighted by molar-refractivity contribution is 7.89. The monoisotopic (exact) mass is 448 g/mol. The molecule has 2 aromatic carbocycles. The summed E-state index contributed by atoms with van der Waals surface area (Å²) in [4.78, 5) is 11.2. The molecule has 0 spiro atoms. The average Bonchev–Trinajstić information content (AvgIpc) is 2.80. The number of hydrogen-bond donors (Lipinski definition) is 1. The molecule has 9 heteroatoms. The van der Waals surface area contributed by atoms with Crippen molar-refractivity contribution in [3.63, 3.8) is 0 Å². The van der Waals surface area contributed by atoms with E-state index in [1.807, 2.05) is 50.2 Å². The summed E-state index contributed by atoms with van der Waals surface area (Å²) in [6.07, 6.45) is 0. The third-order valence-electron chi connectivity index (χ3n) is 5.34. The first kappa shape index (κ1) is 21.7. The van der Waals surface area contributed by atoms with Gasteiger partial charge in [0, 0.05) is 43.6 Å². The predicted molar refractivity (Wildman–Crippen MR) is 123 cm³/mol. The van der Waals surface area contributed by atoms with Gasteiger partial charge in [-0.3, -0.25) is 0 Å². The molecule has 4 rings (SSSR count). The number of piperazine rings is 1. The van der Waals surface area contributed by atoms with Crippen molar-refractivity contribution in [1.82, 2.24) is 14.3 Å². The van der Waals surface area contributed by atoms with Crippen LogP contribution in [-0.2, 0) is 10.0 Å². The number of anilines is 3. The van der Waals surface area contributed by atoms with Crippen molar-refractivity contribution < 1.29 is 8.42 Å². The third kappa shape index (κ3) is 4.56. The van der Waals surface area contributed by atoms with Crippen LogP contribution in [0.4, 0.5) is 17.5 Å². The summed E-state index contributed by atoms with van der Waals surface area (Å²) in [5, 5.41) is 12.5. The summed E-state index contributed by atoms with van der Waals surface area (Å²) in [6, 6.07) is 18.2. The molecule has 0 aliphatic carbocycles. The van der Waals surface area contributed by atoms with E-state index >= 15 is 0 Å². The van der Waals surface area contributed by atoms with E-state index in [1.165, 1.54) is 22.0 Å². The molecule has 1 N–H and O–H groups in total. The van der Waals surface area contributed by atoms with E-state index in [4.69, 9.17) is 0 Å². The topological polar surface area (TPSA) is 102 Å². The zero-order valence-electron chi connectivity index (χ0n) is 18.0. The second-order valence-corrected chi connectivity index (χ2v) is 9.59. The molecule has 0 radical (unpaired) electrons. The molecule has 164 valence electrons. The molecule has 0 unspecified atom stereocenters. The van der Waals surface area contributed by atoms with Crippen LogP contribution in [0.5, 0.6) is 0 Å². The van der Waals surface area contributed by atoms with E-state index in [0.717, 1.165) is 17.2 Å². The van der Waals surface area contributed by atoms with Gasteiger partial charge < -0.3 is 10.2 Å². The number of nitriles is 1. The minimum absolute atomic E-state index is 0.0541. The van der Waals surface area contributed by atoms with Crippen LogP contribution in [-0.4, -0.2) is 48.9 Å². The van der Waals surface area contributed by atoms with E-state index in [0.29, 0.717) is 32.1 Å². The summed E-state index contributed by atoms with van der Waals surface area (Å²) in [5.41, 5.74) is 3.06. The van der Waals surface area contributed by atoms with Crippen molar-refractivity contribution >= 4 is 27.5 Å². The fourth-order valence-corrected chi connectivity index (χ4v) is 5.18. The Balaban J connectivity index is 1.49. The van der Waals surface area contributed by atoms with Gasteiger partial charge in [-0.2, -0.15) is 14.6 Å². The van der Waals surface area contributed by atoms with Crippen molar-refractivity contribution in [2.75, 3.05) is 36.4 Å². The number of benzene rings is 2. The molecule has 1 aromatic heterocycles. The Morgan fingerprint density at radius 2 is 1.66 bits per heavy atom. The van der Waals surface area contributed by atoms with Crippen molar-refractivity contribution in [1.29, 1.82) is 5.26 Å². The van der Waals surface area contributed by atoms with E-state index < -0.39 is 10.0 Å². The fourth-order valence-electron chi connectivity index (χ4n) is 3.62. The highest BCUT2D eigenvalue weighted by atomic mass is 32.2. The first-order valence-electron chi connectivity index (χ1n) is 10.3. The SMILES string of the molecule is Cc1ccc(Nc2nc(C)cc(N3CCN(S(=O)(=O)c4ccccc4C#N)CC3)n2)cc1. The molecule has 0 atom stereocenters. The van der Waals surface area contributed by atoms with Gasteiger partial charge in [0.15, 0.2) is 0 Å². The van der Waals surface area contributed by atoms with Gasteiger partial charge in [0.05, 0.1) is 10.5 Å². The molecule has 1 saturated heterocycles. The van der Waals surface area contributed by atoms with Crippen LogP contribution in [0.2, 0.25) is 0 Å². The van der Waals surface area contributed by atoms with Crippen LogP contribution >= 0.6 is 0 Å². The van der Waals surface area contributed by atoms with Crippen molar-refractivity contribution in [2.24, 2.45) is 0 Å². The number of aryl methyl sites for hydroxylation is 2. The number of aromatic nitrogens is 2. The Kier molecular flexibility index (Phi) is 6.08. The van der Waals surface area contributed by atoms with E-state index in [-0.39, 0.29) is 10.5 Å². The highest BCUT2D eigenvalue weighted by Gasteiger charge is 2.30. The molecular weight excluding hydrogens is 424 g/mol. The Hall–Kier alpha value is -3.48. The third-order valence-corrected chi connectivity index (χ3v) is 7.29. The van der Waals surface area contributed by atoms with Gasteiger partial charge in [-0.25, -0.2) is 13.4 Å². The summed E-state index contributed by atoms with van der Waals surface area (Å²) >= 11 is 0. The van der Waals surface area contributed by atoms with Gasteiger partial charge in [-0.05, 0) is 38.1 Å². The fraction of sp³-hybridized carbons (Fsp3) is 0.261. The predicted octanol–water partition coefficient (Wildman–Crippen LogP) is 3.22. The van der Waals surface area contributed by atoms with Crippen LogP contribution in [0.25, 0.3) is 0 Å². The number of nitrogens with one attached hydrogen (secondary N) is 1. The average molecular weight is 449 g/mol. The Labute approximate surface area is 188 Å². The van der Waals surface area contributed by atoms with Crippen LogP contribution in [0.1, 0.15) is 16.8 Å². The van der Waals surface area contributed by atoms with E-state index in [2.05, 4.69) is 20.2 Å². The number of rotatable bonds is 5. The molecule has 1 aliphatic rings. The van der Waals surface area contributed by atoms with Gasteiger partial charge >= 0.3 is 0 Å². The quantitative estimate of drug-likeness (QED) is 0.639. The Morgan fingerprint density at radius 1 is 0.969 bits per heavy atom. The van der Waals surface area contributed by atoms with Gasteiger partial charge in [-0.1, -0.05) is 29.8 Å². The van der Waals surface area contributed by atoms with Crippen molar-refractivity contribution in [3.8, 4) is 6.07 Å². The maximum absolute atomic E-state index is 13.1. The van der Waals surface area contributed by atoms with Crippen LogP contribution in [0, 0.1) is 25.2 Å². The zero-order chi connectivity index (χ0) is 22.7. The zero-order valence-corrected chi connectivity index (χ0v) is 18.8. The van der Waals surface area contributed by atoms with E-state index in [9.17, 15) is 13.7 Å². The van der Waals surface area contributed by atoms with Gasteiger partial charge in [0.1, 0.15) is 11.9 Å². The molecular formula is C23H24N6O2S. The van der Waals surface area contributed by atoms with Crippen molar-refractivity contribution in [3.05, 3.63) is 71.4 Å². The van der Waals surface area contributed by atoms with Crippen LogP contribution in [0.3, 0.4) is 0 Å². The summed E-state index contributed by atoms with van der Waals surface area (Å²) < 4.78 is 27.6. The number of nitrogens with zero attached hydrogens (tertiary/aromatic N) is 5. The largest absolute Gasteiger partial charge is 0.354 e. The normalized spacial score (nSPS) is 14.7. The molecule has 0 amide bonds. The minimum Gasteiger partial charge on any atom is -0.354 e. The van der Waals surface area contributed by atoms with Crippen LogP contribution in [0.15, 0.2) is 59.5 Å². The minimum atomic E-state index is -3.73. The van der Waals surface area contributed by atoms with Gasteiger partial charge in [0.2, 0.25) is 16.0 Å². The molecule has 0 bridgehead atoms. The van der Waals surface area contributed by atoms with Crippen LogP contribution < -0.4 is 10.2 Å². The first-order valence-corrected chi connectivity index (χ1v) is 11.7. The smallest absolute Gasteiger partial charge is 0.244 e. The lowest BCUT2D eigenvalue weighted by Crippen LogP contribution is -2.49. The summed E-state index contributed by atoms with van der Waals surface area (Å²) in [7, 11) is -3.73. The van der Waals surface area contributed by atoms with Crippen molar-refractivity contribution in [2.45, 2.75) is 18.7 Å². The maximum Gasteiger partial charge on any atom is 0.244 e. The second kappa shape index (κ2) is 8.94. The maximum atomic E-state index is 13.1.